The summed E-state index contributed by atoms with van der Waals surface area (Å²) in [5.41, 5.74) is 7.06. The van der Waals surface area contributed by atoms with Crippen molar-refractivity contribution in [3.63, 3.8) is 0 Å². The van der Waals surface area contributed by atoms with Gasteiger partial charge in [-0.05, 0) is 36.9 Å². The van der Waals surface area contributed by atoms with E-state index in [-0.39, 0.29) is 0 Å². The van der Waals surface area contributed by atoms with Crippen LogP contribution in [0.5, 0.6) is 11.5 Å². The van der Waals surface area contributed by atoms with E-state index in [4.69, 9.17) is 15.2 Å². The third-order valence-corrected chi connectivity index (χ3v) is 3.45. The molecule has 0 aromatic heterocycles. The Morgan fingerprint density at radius 2 is 2.06 bits per heavy atom. The fourth-order valence-electron chi connectivity index (χ4n) is 1.86. The van der Waals surface area contributed by atoms with E-state index in [0.717, 1.165) is 30.3 Å². The van der Waals surface area contributed by atoms with Crippen molar-refractivity contribution in [1.29, 1.82) is 0 Å². The molecule has 94 valence electrons. The van der Waals surface area contributed by atoms with Gasteiger partial charge in [0.15, 0.2) is 0 Å². The molecule has 1 saturated carbocycles. The van der Waals surface area contributed by atoms with Crippen LogP contribution in [0.2, 0.25) is 0 Å². The number of ether oxygens (including phenoxy) is 2. The van der Waals surface area contributed by atoms with Gasteiger partial charge in [0.2, 0.25) is 0 Å². The minimum Gasteiger partial charge on any atom is -0.497 e. The number of benzene rings is 1. The summed E-state index contributed by atoms with van der Waals surface area (Å²) < 4.78 is 10.5. The lowest BCUT2D eigenvalue weighted by molar-refractivity contribution is 0.395. The number of anilines is 1. The molecular weight excluding hydrogens is 216 g/mol. The van der Waals surface area contributed by atoms with E-state index in [1.54, 1.807) is 14.2 Å². The molecular formula is C13H20N2O2. The van der Waals surface area contributed by atoms with Crippen LogP contribution in [-0.4, -0.2) is 27.3 Å². The minimum absolute atomic E-state index is 0.310. The van der Waals surface area contributed by atoms with Crippen LogP contribution in [0.4, 0.5) is 5.69 Å². The lowest BCUT2D eigenvalue weighted by atomic mass is 10.1. The lowest BCUT2D eigenvalue weighted by Gasteiger charge is -2.17. The Morgan fingerprint density at radius 3 is 2.59 bits per heavy atom. The number of methoxy groups -OCH3 is 2. The van der Waals surface area contributed by atoms with Crippen LogP contribution in [0.25, 0.3) is 0 Å². The number of hydrogen-bond donors (Lipinski definition) is 2. The van der Waals surface area contributed by atoms with E-state index in [9.17, 15) is 0 Å². The van der Waals surface area contributed by atoms with Crippen molar-refractivity contribution in [3.05, 3.63) is 18.2 Å². The topological polar surface area (TPSA) is 56.5 Å². The number of nitrogens with two attached hydrogens (primary N) is 1. The summed E-state index contributed by atoms with van der Waals surface area (Å²) in [6.07, 6.45) is 2.43. The minimum atomic E-state index is 0.310. The van der Waals surface area contributed by atoms with Crippen molar-refractivity contribution < 1.29 is 9.47 Å². The Balaban J connectivity index is 2.04. The highest BCUT2D eigenvalue weighted by molar-refractivity contribution is 5.59. The number of rotatable bonds is 6. The van der Waals surface area contributed by atoms with Crippen LogP contribution >= 0.6 is 0 Å². The van der Waals surface area contributed by atoms with E-state index in [0.29, 0.717) is 5.41 Å². The van der Waals surface area contributed by atoms with Crippen LogP contribution in [0.15, 0.2) is 18.2 Å². The van der Waals surface area contributed by atoms with Crippen molar-refractivity contribution in [3.8, 4) is 11.5 Å². The zero-order valence-electron chi connectivity index (χ0n) is 10.5. The number of hydrogen-bond acceptors (Lipinski definition) is 4. The van der Waals surface area contributed by atoms with Crippen LogP contribution in [-0.2, 0) is 0 Å². The third kappa shape index (κ3) is 2.64. The average Bonchev–Trinajstić information content (AvgIpc) is 3.16. The molecule has 1 fully saturated rings. The Hall–Kier alpha value is -1.42. The zero-order chi connectivity index (χ0) is 12.3. The maximum absolute atomic E-state index is 5.76. The van der Waals surface area contributed by atoms with E-state index < -0.39 is 0 Å². The van der Waals surface area contributed by atoms with Gasteiger partial charge < -0.3 is 20.5 Å². The maximum Gasteiger partial charge on any atom is 0.145 e. The second kappa shape index (κ2) is 4.84. The molecule has 4 nitrogen and oxygen atoms in total. The lowest BCUT2D eigenvalue weighted by Crippen LogP contribution is -2.24. The van der Waals surface area contributed by atoms with Crippen molar-refractivity contribution in [2.24, 2.45) is 11.1 Å². The number of nitrogens with one attached hydrogen (secondary N) is 1. The van der Waals surface area contributed by atoms with Gasteiger partial charge in [0.25, 0.3) is 0 Å². The van der Waals surface area contributed by atoms with E-state index in [2.05, 4.69) is 5.32 Å². The van der Waals surface area contributed by atoms with Crippen LogP contribution in [0.3, 0.4) is 0 Å². The molecule has 0 bridgehead atoms. The summed E-state index contributed by atoms with van der Waals surface area (Å²) in [7, 11) is 3.31. The molecule has 1 aliphatic carbocycles. The molecule has 0 atom stereocenters. The predicted molar refractivity (Wildman–Crippen MR) is 68.8 cm³/mol. The van der Waals surface area contributed by atoms with Crippen LogP contribution in [0, 0.1) is 5.41 Å². The molecule has 3 N–H and O–H groups in total. The molecule has 4 heteroatoms. The van der Waals surface area contributed by atoms with Gasteiger partial charge >= 0.3 is 0 Å². The summed E-state index contributed by atoms with van der Waals surface area (Å²) in [5, 5.41) is 3.41. The van der Waals surface area contributed by atoms with Crippen LogP contribution in [0.1, 0.15) is 12.8 Å². The summed E-state index contributed by atoms with van der Waals surface area (Å²) in [4.78, 5) is 0. The van der Waals surface area contributed by atoms with E-state index in [1.807, 2.05) is 18.2 Å². The molecule has 0 spiro atoms. The molecule has 0 saturated heterocycles. The van der Waals surface area contributed by atoms with Gasteiger partial charge in [0.1, 0.15) is 11.5 Å². The van der Waals surface area contributed by atoms with Crippen molar-refractivity contribution in [1.82, 2.24) is 0 Å². The fourth-order valence-corrected chi connectivity index (χ4v) is 1.86. The van der Waals surface area contributed by atoms with Crippen molar-refractivity contribution in [2.75, 3.05) is 32.6 Å². The van der Waals surface area contributed by atoms with Gasteiger partial charge in [-0.2, -0.15) is 0 Å². The zero-order valence-corrected chi connectivity index (χ0v) is 10.5. The van der Waals surface area contributed by atoms with Gasteiger partial charge in [-0.3, -0.25) is 0 Å². The van der Waals surface area contributed by atoms with Crippen molar-refractivity contribution >= 4 is 5.69 Å². The highest BCUT2D eigenvalue weighted by atomic mass is 16.5. The first-order chi connectivity index (χ1) is 8.23. The van der Waals surface area contributed by atoms with Gasteiger partial charge in [-0.25, -0.2) is 0 Å². The predicted octanol–water partition coefficient (Wildman–Crippen LogP) is 1.85. The highest BCUT2D eigenvalue weighted by Crippen LogP contribution is 2.44. The Labute approximate surface area is 102 Å². The summed E-state index contributed by atoms with van der Waals surface area (Å²) in [5.74, 6) is 1.60. The molecule has 1 aliphatic rings. The molecule has 0 aliphatic heterocycles. The molecule has 1 aromatic rings. The molecule has 17 heavy (non-hydrogen) atoms. The quantitative estimate of drug-likeness (QED) is 0.791. The van der Waals surface area contributed by atoms with Gasteiger partial charge in [0, 0.05) is 12.6 Å². The highest BCUT2D eigenvalue weighted by Gasteiger charge is 2.40. The largest absolute Gasteiger partial charge is 0.497 e. The molecule has 1 aromatic carbocycles. The molecule has 0 radical (unpaired) electrons. The van der Waals surface area contributed by atoms with Gasteiger partial charge in [-0.15, -0.1) is 0 Å². The summed E-state index contributed by atoms with van der Waals surface area (Å²) in [6, 6.07) is 5.78. The Bertz CT molecular complexity index is 389. The van der Waals surface area contributed by atoms with Gasteiger partial charge in [0.05, 0.1) is 19.9 Å². The van der Waals surface area contributed by atoms with Gasteiger partial charge in [-0.1, -0.05) is 0 Å². The third-order valence-electron chi connectivity index (χ3n) is 3.45. The maximum atomic E-state index is 5.76. The first-order valence-corrected chi connectivity index (χ1v) is 5.89. The second-order valence-corrected chi connectivity index (χ2v) is 4.62. The van der Waals surface area contributed by atoms with E-state index in [1.165, 1.54) is 12.8 Å². The SMILES string of the molecule is COc1ccc(NCC2(CN)CC2)c(OC)c1. The Morgan fingerprint density at radius 1 is 1.29 bits per heavy atom. The second-order valence-electron chi connectivity index (χ2n) is 4.62. The first-order valence-electron chi connectivity index (χ1n) is 5.89. The molecule has 2 rings (SSSR count). The molecule has 0 heterocycles. The average molecular weight is 236 g/mol. The Kier molecular flexibility index (Phi) is 3.43. The molecule has 0 amide bonds. The summed E-state index contributed by atoms with van der Waals surface area (Å²) in [6.45, 7) is 1.66. The van der Waals surface area contributed by atoms with Crippen LogP contribution < -0.4 is 20.5 Å². The smallest absolute Gasteiger partial charge is 0.145 e. The monoisotopic (exact) mass is 236 g/mol. The standard InChI is InChI=1S/C13H20N2O2/c1-16-10-3-4-11(12(7-10)17-2)15-9-13(8-14)5-6-13/h3-4,7,15H,5-6,8-9,14H2,1-2H3. The normalized spacial score (nSPS) is 16.4. The molecule has 0 unspecified atom stereocenters. The van der Waals surface area contributed by atoms with E-state index >= 15 is 0 Å². The summed E-state index contributed by atoms with van der Waals surface area (Å²) >= 11 is 0. The fraction of sp³-hybridized carbons (Fsp3) is 0.538. The first kappa shape index (κ1) is 12.0. The van der Waals surface area contributed by atoms with Crippen molar-refractivity contribution in [2.45, 2.75) is 12.8 Å².